The lowest BCUT2D eigenvalue weighted by Gasteiger charge is -2.18. The summed E-state index contributed by atoms with van der Waals surface area (Å²) in [6.07, 6.45) is 4.93. The van der Waals surface area contributed by atoms with E-state index in [2.05, 4.69) is 21.4 Å². The molecule has 6 heteroatoms. The molecule has 4 atom stereocenters. The van der Waals surface area contributed by atoms with Crippen molar-refractivity contribution in [1.29, 1.82) is 0 Å². The van der Waals surface area contributed by atoms with Gasteiger partial charge in [-0.1, -0.05) is 28.1 Å². The van der Waals surface area contributed by atoms with Crippen LogP contribution in [0.1, 0.15) is 16.8 Å². The second kappa shape index (κ2) is 4.78. The Hall–Kier alpha value is -1.95. The van der Waals surface area contributed by atoms with Crippen molar-refractivity contribution in [3.8, 4) is 0 Å². The Morgan fingerprint density at radius 1 is 1.05 bits per heavy atom. The van der Waals surface area contributed by atoms with Crippen molar-refractivity contribution in [3.05, 3.63) is 46.5 Å². The van der Waals surface area contributed by atoms with Gasteiger partial charge in [0.05, 0.1) is 11.8 Å². The Morgan fingerprint density at radius 3 is 2.14 bits per heavy atom. The van der Waals surface area contributed by atoms with Gasteiger partial charge >= 0.3 is 0 Å². The van der Waals surface area contributed by atoms with Gasteiger partial charge in [-0.05, 0) is 42.5 Å². The minimum atomic E-state index is -0.450. The number of halogens is 1. The van der Waals surface area contributed by atoms with Gasteiger partial charge in [0.25, 0.3) is 17.7 Å². The van der Waals surface area contributed by atoms with Crippen LogP contribution >= 0.6 is 15.9 Å². The largest absolute Gasteiger partial charge is 0.272 e. The molecule has 1 aromatic rings. The fraction of sp³-hybridized carbons (Fsp3) is 0.312. The van der Waals surface area contributed by atoms with Crippen LogP contribution in [0.15, 0.2) is 40.9 Å². The first-order valence-electron chi connectivity index (χ1n) is 7.19. The molecule has 2 bridgehead atoms. The molecule has 0 radical (unpaired) electrons. The molecule has 1 aromatic carbocycles. The summed E-state index contributed by atoms with van der Waals surface area (Å²) in [6, 6.07) is 6.75. The Balaban J connectivity index is 1.54. The van der Waals surface area contributed by atoms with Crippen LogP contribution in [0.5, 0.6) is 0 Å². The SMILES string of the molecule is O=C(NN1C(=O)[C@@H]2[C@H](C1=O)[C@H]1C=C[C@H]2C1)c1ccc(Br)cc1. The van der Waals surface area contributed by atoms with E-state index in [1.807, 2.05) is 12.2 Å². The van der Waals surface area contributed by atoms with Crippen LogP contribution in [-0.2, 0) is 9.59 Å². The van der Waals surface area contributed by atoms with Gasteiger partial charge in [0.1, 0.15) is 0 Å². The smallest absolute Gasteiger partial charge is 0.270 e. The van der Waals surface area contributed by atoms with Gasteiger partial charge in [0, 0.05) is 10.0 Å². The summed E-state index contributed by atoms with van der Waals surface area (Å²) in [7, 11) is 0. The Kier molecular flexibility index (Phi) is 2.97. The summed E-state index contributed by atoms with van der Waals surface area (Å²) in [5.74, 6) is -1.33. The van der Waals surface area contributed by atoms with Crippen molar-refractivity contribution in [2.45, 2.75) is 6.42 Å². The number of rotatable bonds is 2. The fourth-order valence-corrected chi connectivity index (χ4v) is 4.04. The van der Waals surface area contributed by atoms with E-state index in [1.165, 1.54) is 0 Å². The van der Waals surface area contributed by atoms with Crippen molar-refractivity contribution >= 4 is 33.7 Å². The number of hydrogen-bond acceptors (Lipinski definition) is 3. The monoisotopic (exact) mass is 360 g/mol. The molecule has 4 rings (SSSR count). The first-order chi connectivity index (χ1) is 10.6. The van der Waals surface area contributed by atoms with Crippen LogP contribution in [0.2, 0.25) is 0 Å². The standard InChI is InChI=1S/C16H13BrN2O3/c17-11-5-3-8(4-6-11)14(20)18-19-15(21)12-9-1-2-10(7-9)13(12)16(19)22/h1-6,9-10,12-13H,7H2,(H,18,20)/t9-,10-,12-,13+/m0/s1. The number of hydrogen-bond donors (Lipinski definition) is 1. The van der Waals surface area contributed by atoms with Crippen molar-refractivity contribution in [1.82, 2.24) is 10.4 Å². The second-order valence-electron chi connectivity index (χ2n) is 5.96. The van der Waals surface area contributed by atoms with E-state index in [1.54, 1.807) is 24.3 Å². The Bertz CT molecular complexity index is 683. The minimum absolute atomic E-state index is 0.140. The number of fused-ring (bicyclic) bond motifs is 5. The van der Waals surface area contributed by atoms with E-state index in [-0.39, 0.29) is 35.5 Å². The molecule has 3 amide bonds. The number of amides is 3. The number of carbonyl (C=O) groups excluding carboxylic acids is 3. The van der Waals surface area contributed by atoms with Crippen LogP contribution < -0.4 is 5.43 Å². The molecule has 1 saturated heterocycles. The van der Waals surface area contributed by atoms with Gasteiger partial charge < -0.3 is 0 Å². The van der Waals surface area contributed by atoms with E-state index in [9.17, 15) is 14.4 Å². The molecule has 0 spiro atoms. The van der Waals surface area contributed by atoms with E-state index < -0.39 is 5.91 Å². The third kappa shape index (κ3) is 1.86. The highest BCUT2D eigenvalue weighted by Crippen LogP contribution is 2.52. The maximum absolute atomic E-state index is 12.5. The number of benzene rings is 1. The number of carbonyl (C=O) groups is 3. The third-order valence-electron chi connectivity index (χ3n) is 4.79. The van der Waals surface area contributed by atoms with Gasteiger partial charge in [0.2, 0.25) is 0 Å². The van der Waals surface area contributed by atoms with Gasteiger partial charge in [-0.15, -0.1) is 0 Å². The molecule has 3 aliphatic rings. The lowest BCUT2D eigenvalue weighted by atomic mass is 9.85. The van der Waals surface area contributed by atoms with Crippen molar-refractivity contribution in [2.75, 3.05) is 0 Å². The molecule has 1 N–H and O–H groups in total. The molecule has 1 saturated carbocycles. The average molecular weight is 361 g/mol. The highest BCUT2D eigenvalue weighted by atomic mass is 79.9. The normalized spacial score (nSPS) is 31.8. The molecular formula is C16H13BrN2O3. The number of imide groups is 1. The second-order valence-corrected chi connectivity index (χ2v) is 6.88. The fourth-order valence-electron chi connectivity index (χ4n) is 3.78. The molecule has 0 aromatic heterocycles. The molecule has 1 aliphatic heterocycles. The molecule has 22 heavy (non-hydrogen) atoms. The van der Waals surface area contributed by atoms with Gasteiger partial charge in [-0.25, -0.2) is 0 Å². The number of nitrogens with zero attached hydrogens (tertiary/aromatic N) is 1. The quantitative estimate of drug-likeness (QED) is 0.646. The van der Waals surface area contributed by atoms with Crippen LogP contribution in [0.25, 0.3) is 0 Å². The molecular weight excluding hydrogens is 348 g/mol. The van der Waals surface area contributed by atoms with Crippen molar-refractivity contribution in [2.24, 2.45) is 23.7 Å². The number of allylic oxidation sites excluding steroid dienone is 2. The minimum Gasteiger partial charge on any atom is -0.272 e. The third-order valence-corrected chi connectivity index (χ3v) is 5.32. The Labute approximate surface area is 135 Å². The summed E-state index contributed by atoms with van der Waals surface area (Å²) in [5.41, 5.74) is 2.87. The van der Waals surface area contributed by atoms with Crippen LogP contribution in [0.4, 0.5) is 0 Å². The maximum Gasteiger partial charge on any atom is 0.270 e. The van der Waals surface area contributed by atoms with E-state index >= 15 is 0 Å². The molecule has 1 heterocycles. The van der Waals surface area contributed by atoms with Crippen molar-refractivity contribution < 1.29 is 14.4 Å². The molecule has 5 nitrogen and oxygen atoms in total. The topological polar surface area (TPSA) is 66.5 Å². The molecule has 0 unspecified atom stereocenters. The van der Waals surface area contributed by atoms with E-state index in [0.29, 0.717) is 5.56 Å². The molecule has 2 fully saturated rings. The van der Waals surface area contributed by atoms with Crippen LogP contribution in [-0.4, -0.2) is 22.7 Å². The zero-order valence-electron chi connectivity index (χ0n) is 11.5. The zero-order chi connectivity index (χ0) is 15.4. The molecule has 112 valence electrons. The highest BCUT2D eigenvalue weighted by Gasteiger charge is 2.59. The number of nitrogens with one attached hydrogen (secondary N) is 1. The number of hydrazine groups is 1. The summed E-state index contributed by atoms with van der Waals surface area (Å²) in [5, 5.41) is 0.922. The van der Waals surface area contributed by atoms with Gasteiger partial charge in [-0.3, -0.25) is 19.8 Å². The van der Waals surface area contributed by atoms with Crippen molar-refractivity contribution in [3.63, 3.8) is 0 Å². The van der Waals surface area contributed by atoms with Gasteiger partial charge in [-0.2, -0.15) is 5.01 Å². The Morgan fingerprint density at radius 2 is 1.59 bits per heavy atom. The predicted molar refractivity (Wildman–Crippen MR) is 81.2 cm³/mol. The zero-order valence-corrected chi connectivity index (χ0v) is 13.1. The van der Waals surface area contributed by atoms with E-state index in [0.717, 1.165) is 15.9 Å². The highest BCUT2D eigenvalue weighted by molar-refractivity contribution is 9.10. The first-order valence-corrected chi connectivity index (χ1v) is 7.98. The van der Waals surface area contributed by atoms with E-state index in [4.69, 9.17) is 0 Å². The summed E-state index contributed by atoms with van der Waals surface area (Å²) in [4.78, 5) is 37.1. The maximum atomic E-state index is 12.5. The lowest BCUT2D eigenvalue weighted by Crippen LogP contribution is -2.47. The average Bonchev–Trinajstić information content (AvgIpc) is 3.17. The predicted octanol–water partition coefficient (Wildman–Crippen LogP) is 1.90. The molecule has 2 aliphatic carbocycles. The van der Waals surface area contributed by atoms with Gasteiger partial charge in [0.15, 0.2) is 0 Å². The summed E-state index contributed by atoms with van der Waals surface area (Å²) in [6.45, 7) is 0. The van der Waals surface area contributed by atoms with Crippen LogP contribution in [0.3, 0.4) is 0 Å². The summed E-state index contributed by atoms with van der Waals surface area (Å²) < 4.78 is 0.856. The first kappa shape index (κ1) is 13.7. The lowest BCUT2D eigenvalue weighted by molar-refractivity contribution is -0.143. The summed E-state index contributed by atoms with van der Waals surface area (Å²) >= 11 is 3.30. The van der Waals surface area contributed by atoms with Crippen LogP contribution in [0, 0.1) is 23.7 Å².